The fourth-order valence-corrected chi connectivity index (χ4v) is 2.07. The number of nitrogens with one attached hydrogen (secondary N) is 1. The van der Waals surface area contributed by atoms with Crippen molar-refractivity contribution in [2.24, 2.45) is 0 Å². The Morgan fingerprint density at radius 2 is 1.84 bits per heavy atom. The van der Waals surface area contributed by atoms with Crippen LogP contribution in [0.4, 0.5) is 13.2 Å². The van der Waals surface area contributed by atoms with Crippen molar-refractivity contribution in [2.45, 2.75) is 33.9 Å². The SMILES string of the molecule is CC.Cc1cc2[nH]nc(C#N)c2c(C)c1C(F)(F)F. The summed E-state index contributed by atoms with van der Waals surface area (Å²) in [5.74, 6) is 0. The standard InChI is InChI=1S/C11H8F3N3.C2H6/c1-5-3-7-9(8(4-15)17-16-7)6(2)10(5)11(12,13)14;1-2/h3H,1-2H3,(H,16,17);1-2H3. The summed E-state index contributed by atoms with van der Waals surface area (Å²) in [6.45, 7) is 6.75. The highest BCUT2D eigenvalue weighted by Gasteiger charge is 2.35. The van der Waals surface area contributed by atoms with Crippen molar-refractivity contribution >= 4 is 10.9 Å². The van der Waals surface area contributed by atoms with Crippen molar-refractivity contribution in [2.75, 3.05) is 0 Å². The van der Waals surface area contributed by atoms with E-state index in [1.54, 1.807) is 6.07 Å². The summed E-state index contributed by atoms with van der Waals surface area (Å²) in [7, 11) is 0. The fourth-order valence-electron chi connectivity index (χ4n) is 2.07. The molecular formula is C13H14F3N3. The number of hydrogen-bond donors (Lipinski definition) is 1. The normalized spacial score (nSPS) is 10.8. The van der Waals surface area contributed by atoms with Gasteiger partial charge < -0.3 is 0 Å². The summed E-state index contributed by atoms with van der Waals surface area (Å²) in [6, 6.07) is 3.14. The molecule has 3 nitrogen and oxygen atoms in total. The number of alkyl halides is 3. The average molecular weight is 269 g/mol. The lowest BCUT2D eigenvalue weighted by Crippen LogP contribution is -2.10. The van der Waals surface area contributed by atoms with Crippen molar-refractivity contribution in [1.82, 2.24) is 10.2 Å². The quantitative estimate of drug-likeness (QED) is 0.782. The Morgan fingerprint density at radius 1 is 1.26 bits per heavy atom. The zero-order valence-electron chi connectivity index (χ0n) is 11.1. The van der Waals surface area contributed by atoms with Crippen molar-refractivity contribution in [1.29, 1.82) is 5.26 Å². The summed E-state index contributed by atoms with van der Waals surface area (Å²) in [6.07, 6.45) is -4.42. The van der Waals surface area contributed by atoms with Crippen LogP contribution in [-0.4, -0.2) is 10.2 Å². The molecule has 1 aromatic carbocycles. The largest absolute Gasteiger partial charge is 0.416 e. The van der Waals surface area contributed by atoms with Crippen LogP contribution in [-0.2, 0) is 6.18 Å². The van der Waals surface area contributed by atoms with Crippen molar-refractivity contribution in [3.63, 3.8) is 0 Å². The van der Waals surface area contributed by atoms with Crippen LogP contribution in [0, 0.1) is 25.2 Å². The predicted molar refractivity (Wildman–Crippen MR) is 66.6 cm³/mol. The molecule has 2 aromatic rings. The number of fused-ring (bicyclic) bond motifs is 1. The van der Waals surface area contributed by atoms with Gasteiger partial charge in [-0.3, -0.25) is 5.10 Å². The molecule has 6 heteroatoms. The molecular weight excluding hydrogens is 255 g/mol. The first-order valence-corrected chi connectivity index (χ1v) is 5.82. The molecule has 19 heavy (non-hydrogen) atoms. The van der Waals surface area contributed by atoms with E-state index in [4.69, 9.17) is 5.26 Å². The maximum atomic E-state index is 12.9. The van der Waals surface area contributed by atoms with Gasteiger partial charge in [-0.05, 0) is 31.0 Å². The number of halogens is 3. The molecule has 0 aliphatic rings. The molecule has 1 heterocycles. The van der Waals surface area contributed by atoms with Gasteiger partial charge >= 0.3 is 6.18 Å². The van der Waals surface area contributed by atoms with Crippen molar-refractivity contribution in [3.8, 4) is 6.07 Å². The fraction of sp³-hybridized carbons (Fsp3) is 0.385. The number of hydrogen-bond acceptors (Lipinski definition) is 2. The maximum Gasteiger partial charge on any atom is 0.416 e. The monoisotopic (exact) mass is 269 g/mol. The van der Waals surface area contributed by atoms with Crippen LogP contribution < -0.4 is 0 Å². The Balaban J connectivity index is 0.000000861. The van der Waals surface area contributed by atoms with Gasteiger partial charge in [0.1, 0.15) is 6.07 Å². The van der Waals surface area contributed by atoms with Gasteiger partial charge in [0.2, 0.25) is 0 Å². The number of aryl methyl sites for hydroxylation is 2. The number of nitrogens with zero attached hydrogens (tertiary/aromatic N) is 2. The van der Waals surface area contributed by atoms with E-state index < -0.39 is 11.7 Å². The molecule has 2 rings (SSSR count). The predicted octanol–water partition coefficient (Wildman–Crippen LogP) is 4.10. The Hall–Kier alpha value is -2.03. The first kappa shape index (κ1) is 15.0. The molecule has 0 saturated carbocycles. The van der Waals surface area contributed by atoms with Crippen LogP contribution in [0.25, 0.3) is 10.9 Å². The maximum absolute atomic E-state index is 12.9. The highest BCUT2D eigenvalue weighted by molar-refractivity contribution is 5.88. The number of aromatic amines is 1. The van der Waals surface area contributed by atoms with Gasteiger partial charge in [-0.15, -0.1) is 0 Å². The van der Waals surface area contributed by atoms with Crippen LogP contribution in [0.5, 0.6) is 0 Å². The van der Waals surface area contributed by atoms with Crippen molar-refractivity contribution in [3.05, 3.63) is 28.5 Å². The third kappa shape index (κ3) is 2.55. The first-order valence-electron chi connectivity index (χ1n) is 5.82. The minimum absolute atomic E-state index is 0.0111. The molecule has 0 atom stereocenters. The smallest absolute Gasteiger partial charge is 0.276 e. The van der Waals surface area contributed by atoms with Gasteiger partial charge in [0, 0.05) is 5.39 Å². The molecule has 1 aromatic heterocycles. The lowest BCUT2D eigenvalue weighted by Gasteiger charge is -2.14. The summed E-state index contributed by atoms with van der Waals surface area (Å²) >= 11 is 0. The lowest BCUT2D eigenvalue weighted by molar-refractivity contribution is -0.138. The van der Waals surface area contributed by atoms with E-state index >= 15 is 0 Å². The molecule has 102 valence electrons. The van der Waals surface area contributed by atoms with Crippen LogP contribution in [0.1, 0.15) is 36.2 Å². The summed E-state index contributed by atoms with van der Waals surface area (Å²) in [5, 5.41) is 15.3. The zero-order valence-corrected chi connectivity index (χ0v) is 11.1. The van der Waals surface area contributed by atoms with Crippen LogP contribution in [0.2, 0.25) is 0 Å². The summed E-state index contributed by atoms with van der Waals surface area (Å²) in [5.41, 5.74) is -0.0936. The molecule has 0 saturated heterocycles. The number of benzene rings is 1. The second-order valence-corrected chi connectivity index (χ2v) is 3.80. The van der Waals surface area contributed by atoms with Gasteiger partial charge in [0.25, 0.3) is 0 Å². The van der Waals surface area contributed by atoms with Gasteiger partial charge in [0.05, 0.1) is 11.1 Å². The van der Waals surface area contributed by atoms with E-state index in [2.05, 4.69) is 10.2 Å². The van der Waals surface area contributed by atoms with E-state index in [-0.39, 0.29) is 22.2 Å². The molecule has 0 unspecified atom stereocenters. The van der Waals surface area contributed by atoms with E-state index in [9.17, 15) is 13.2 Å². The average Bonchev–Trinajstić information content (AvgIpc) is 2.72. The van der Waals surface area contributed by atoms with Crippen LogP contribution in [0.3, 0.4) is 0 Å². The van der Waals surface area contributed by atoms with E-state index in [0.29, 0.717) is 5.52 Å². The van der Waals surface area contributed by atoms with Gasteiger partial charge in [-0.1, -0.05) is 13.8 Å². The Bertz CT molecular complexity index is 633. The van der Waals surface area contributed by atoms with Gasteiger partial charge in [0.15, 0.2) is 5.69 Å². The summed E-state index contributed by atoms with van der Waals surface area (Å²) in [4.78, 5) is 0. The molecule has 0 amide bonds. The number of nitriles is 1. The number of H-pyrrole nitrogens is 1. The molecule has 0 fully saturated rings. The second kappa shape index (κ2) is 5.31. The van der Waals surface area contributed by atoms with E-state index in [0.717, 1.165) is 0 Å². The Labute approximate surface area is 109 Å². The zero-order chi connectivity index (χ0) is 14.8. The van der Waals surface area contributed by atoms with Gasteiger partial charge in [-0.2, -0.15) is 23.5 Å². The minimum Gasteiger partial charge on any atom is -0.276 e. The summed E-state index contributed by atoms with van der Waals surface area (Å²) < 4.78 is 38.6. The second-order valence-electron chi connectivity index (χ2n) is 3.80. The lowest BCUT2D eigenvalue weighted by atomic mass is 9.97. The molecule has 0 bridgehead atoms. The topological polar surface area (TPSA) is 52.5 Å². The van der Waals surface area contributed by atoms with Crippen LogP contribution >= 0.6 is 0 Å². The van der Waals surface area contributed by atoms with Crippen molar-refractivity contribution < 1.29 is 13.2 Å². The molecule has 0 spiro atoms. The van der Waals surface area contributed by atoms with E-state index in [1.807, 2.05) is 13.8 Å². The van der Waals surface area contributed by atoms with Gasteiger partial charge in [-0.25, -0.2) is 0 Å². The number of rotatable bonds is 0. The first-order chi connectivity index (χ1) is 8.86. The Morgan fingerprint density at radius 3 is 2.32 bits per heavy atom. The highest BCUT2D eigenvalue weighted by Crippen LogP contribution is 2.37. The Kier molecular flexibility index (Phi) is 4.20. The molecule has 1 N–H and O–H groups in total. The molecule has 0 aliphatic carbocycles. The third-order valence-corrected chi connectivity index (χ3v) is 2.69. The third-order valence-electron chi connectivity index (χ3n) is 2.69. The molecule has 0 radical (unpaired) electrons. The highest BCUT2D eigenvalue weighted by atomic mass is 19.4. The minimum atomic E-state index is -4.42. The number of aromatic nitrogens is 2. The van der Waals surface area contributed by atoms with E-state index in [1.165, 1.54) is 19.9 Å². The molecule has 0 aliphatic heterocycles. The van der Waals surface area contributed by atoms with Crippen LogP contribution in [0.15, 0.2) is 6.07 Å².